The van der Waals surface area contributed by atoms with Gasteiger partial charge < -0.3 is 10.4 Å². The van der Waals surface area contributed by atoms with Crippen molar-refractivity contribution < 1.29 is 18.7 Å². The zero-order valence-electron chi connectivity index (χ0n) is 8.84. The summed E-state index contributed by atoms with van der Waals surface area (Å²) >= 11 is 0. The normalized spacial score (nSPS) is 12.2. The van der Waals surface area contributed by atoms with Crippen molar-refractivity contribution in [2.24, 2.45) is 0 Å². The predicted octanol–water partition coefficient (Wildman–Crippen LogP) is 1.47. The molecule has 0 radical (unpaired) electrons. The minimum absolute atomic E-state index is 0.217. The molecule has 0 aliphatic heterocycles. The molecule has 5 heteroatoms. The summed E-state index contributed by atoms with van der Waals surface area (Å²) < 4.78 is 25.8. The summed E-state index contributed by atoms with van der Waals surface area (Å²) in [6.45, 7) is 1.56. The van der Waals surface area contributed by atoms with Crippen molar-refractivity contribution in [1.82, 2.24) is 5.32 Å². The number of hydrogen-bond acceptors (Lipinski definition) is 2. The van der Waals surface area contributed by atoms with Crippen LogP contribution in [-0.4, -0.2) is 23.7 Å². The number of carbonyl (C=O) groups excluding carboxylic acids is 1. The number of nitrogens with one attached hydrogen (secondary N) is 1. The van der Waals surface area contributed by atoms with E-state index in [1.807, 2.05) is 0 Å². The van der Waals surface area contributed by atoms with Crippen LogP contribution in [0.5, 0.6) is 0 Å². The van der Waals surface area contributed by atoms with Crippen molar-refractivity contribution in [2.45, 2.75) is 19.4 Å². The molecule has 0 aliphatic carbocycles. The van der Waals surface area contributed by atoms with Crippen LogP contribution in [-0.2, 0) is 0 Å². The number of aliphatic hydroxyl groups excluding tert-OH is 1. The summed E-state index contributed by atoms with van der Waals surface area (Å²) in [5, 5.41) is 11.3. The molecule has 1 aromatic carbocycles. The molecule has 16 heavy (non-hydrogen) atoms. The van der Waals surface area contributed by atoms with Crippen molar-refractivity contribution in [3.63, 3.8) is 0 Å². The highest BCUT2D eigenvalue weighted by molar-refractivity contribution is 5.94. The number of halogens is 2. The van der Waals surface area contributed by atoms with Crippen LogP contribution in [0.1, 0.15) is 23.7 Å². The van der Waals surface area contributed by atoms with Gasteiger partial charge in [-0.2, -0.15) is 0 Å². The Labute approximate surface area is 92.1 Å². The first-order valence-electron chi connectivity index (χ1n) is 4.95. The monoisotopic (exact) mass is 229 g/mol. The second-order valence-corrected chi connectivity index (χ2v) is 3.39. The Morgan fingerprint density at radius 3 is 2.69 bits per heavy atom. The highest BCUT2D eigenvalue weighted by Crippen LogP contribution is 2.09. The Hall–Kier alpha value is -1.49. The fourth-order valence-electron chi connectivity index (χ4n) is 1.21. The molecule has 0 aromatic heterocycles. The zero-order valence-corrected chi connectivity index (χ0v) is 8.84. The van der Waals surface area contributed by atoms with Gasteiger partial charge in [0.15, 0.2) is 0 Å². The van der Waals surface area contributed by atoms with Crippen molar-refractivity contribution in [1.29, 1.82) is 0 Å². The molecule has 0 unspecified atom stereocenters. The molecule has 0 fully saturated rings. The Kier molecular flexibility index (Phi) is 4.37. The van der Waals surface area contributed by atoms with E-state index in [2.05, 4.69) is 5.32 Å². The van der Waals surface area contributed by atoms with Crippen molar-refractivity contribution in [2.75, 3.05) is 6.61 Å². The maximum absolute atomic E-state index is 13.2. The molecule has 0 heterocycles. The number of amides is 1. The van der Waals surface area contributed by atoms with Gasteiger partial charge in [0.1, 0.15) is 11.6 Å². The SMILES string of the molecule is CC[C@@H](CO)NC(=O)c1ccc(F)cc1F. The highest BCUT2D eigenvalue weighted by atomic mass is 19.1. The summed E-state index contributed by atoms with van der Waals surface area (Å²) in [5.74, 6) is -2.30. The van der Waals surface area contributed by atoms with Crippen LogP contribution in [0.3, 0.4) is 0 Å². The second kappa shape index (κ2) is 5.55. The third-order valence-electron chi connectivity index (χ3n) is 2.22. The van der Waals surface area contributed by atoms with E-state index in [4.69, 9.17) is 5.11 Å². The number of aliphatic hydroxyl groups is 1. The topological polar surface area (TPSA) is 49.3 Å². The Morgan fingerprint density at radius 1 is 1.50 bits per heavy atom. The van der Waals surface area contributed by atoms with E-state index in [0.717, 1.165) is 12.1 Å². The summed E-state index contributed by atoms with van der Waals surface area (Å²) in [7, 11) is 0. The van der Waals surface area contributed by atoms with Gasteiger partial charge in [0.25, 0.3) is 5.91 Å². The first kappa shape index (κ1) is 12.6. The molecule has 2 N–H and O–H groups in total. The van der Waals surface area contributed by atoms with Crippen LogP contribution in [0.15, 0.2) is 18.2 Å². The van der Waals surface area contributed by atoms with Gasteiger partial charge >= 0.3 is 0 Å². The maximum atomic E-state index is 13.2. The Balaban J connectivity index is 2.80. The molecule has 1 amide bonds. The number of rotatable bonds is 4. The molecular formula is C11H13F2NO2. The summed E-state index contributed by atoms with van der Waals surface area (Å²) in [6.07, 6.45) is 0.533. The quantitative estimate of drug-likeness (QED) is 0.821. The highest BCUT2D eigenvalue weighted by Gasteiger charge is 2.15. The molecule has 3 nitrogen and oxygen atoms in total. The largest absolute Gasteiger partial charge is 0.394 e. The van der Waals surface area contributed by atoms with Crippen LogP contribution in [0, 0.1) is 11.6 Å². The van der Waals surface area contributed by atoms with Crippen LogP contribution in [0.2, 0.25) is 0 Å². The molecule has 0 aliphatic rings. The smallest absolute Gasteiger partial charge is 0.254 e. The van der Waals surface area contributed by atoms with Crippen LogP contribution < -0.4 is 5.32 Å². The Bertz CT molecular complexity index is 378. The lowest BCUT2D eigenvalue weighted by Gasteiger charge is -2.14. The molecule has 88 valence electrons. The van der Waals surface area contributed by atoms with Gasteiger partial charge in [-0.25, -0.2) is 8.78 Å². The number of hydrogen-bond donors (Lipinski definition) is 2. The van der Waals surface area contributed by atoms with Crippen LogP contribution in [0.25, 0.3) is 0 Å². The lowest BCUT2D eigenvalue weighted by Crippen LogP contribution is -2.37. The summed E-state index contributed by atoms with van der Waals surface area (Å²) in [5.41, 5.74) is -0.228. The van der Waals surface area contributed by atoms with E-state index in [1.165, 1.54) is 0 Å². The first-order valence-corrected chi connectivity index (χ1v) is 4.95. The zero-order chi connectivity index (χ0) is 12.1. The summed E-state index contributed by atoms with van der Waals surface area (Å²) in [4.78, 5) is 11.5. The molecule has 0 spiro atoms. The van der Waals surface area contributed by atoms with E-state index in [9.17, 15) is 13.6 Å². The number of carbonyl (C=O) groups is 1. The predicted molar refractivity (Wildman–Crippen MR) is 55.0 cm³/mol. The average Bonchev–Trinajstić information content (AvgIpc) is 2.25. The van der Waals surface area contributed by atoms with Gasteiger partial charge in [-0.15, -0.1) is 0 Å². The van der Waals surface area contributed by atoms with Gasteiger partial charge in [-0.1, -0.05) is 6.92 Å². The van der Waals surface area contributed by atoms with Crippen LogP contribution in [0.4, 0.5) is 8.78 Å². The molecule has 1 rings (SSSR count). The second-order valence-electron chi connectivity index (χ2n) is 3.39. The minimum Gasteiger partial charge on any atom is -0.394 e. The fraction of sp³-hybridized carbons (Fsp3) is 0.364. The van der Waals surface area contributed by atoms with Crippen LogP contribution >= 0.6 is 0 Å². The molecular weight excluding hydrogens is 216 g/mol. The fourth-order valence-corrected chi connectivity index (χ4v) is 1.21. The van der Waals surface area contributed by atoms with Crippen molar-refractivity contribution >= 4 is 5.91 Å². The van der Waals surface area contributed by atoms with Gasteiger partial charge in [0.05, 0.1) is 18.2 Å². The molecule has 1 atom stereocenters. The number of benzene rings is 1. The lowest BCUT2D eigenvalue weighted by atomic mass is 10.1. The van der Waals surface area contributed by atoms with E-state index in [0.29, 0.717) is 12.5 Å². The van der Waals surface area contributed by atoms with E-state index in [1.54, 1.807) is 6.92 Å². The van der Waals surface area contributed by atoms with E-state index >= 15 is 0 Å². The first-order chi connectivity index (χ1) is 7.58. The average molecular weight is 229 g/mol. The minimum atomic E-state index is -0.912. The van der Waals surface area contributed by atoms with Crippen molar-refractivity contribution in [3.05, 3.63) is 35.4 Å². The molecule has 0 bridgehead atoms. The summed E-state index contributed by atoms with van der Waals surface area (Å²) in [6, 6.07) is 2.31. The van der Waals surface area contributed by atoms with Gasteiger partial charge in [0.2, 0.25) is 0 Å². The molecule has 0 saturated carbocycles. The van der Waals surface area contributed by atoms with E-state index in [-0.39, 0.29) is 12.2 Å². The lowest BCUT2D eigenvalue weighted by molar-refractivity contribution is 0.0911. The maximum Gasteiger partial charge on any atom is 0.254 e. The standard InChI is InChI=1S/C11H13F2NO2/c1-2-8(6-15)14-11(16)9-4-3-7(12)5-10(9)13/h3-5,8,15H,2,6H2,1H3,(H,14,16)/t8-/m0/s1. The van der Waals surface area contributed by atoms with Gasteiger partial charge in [-0.3, -0.25) is 4.79 Å². The van der Waals surface area contributed by atoms with Gasteiger partial charge in [0, 0.05) is 6.07 Å². The van der Waals surface area contributed by atoms with E-state index < -0.39 is 23.6 Å². The third-order valence-corrected chi connectivity index (χ3v) is 2.22. The molecule has 0 saturated heterocycles. The van der Waals surface area contributed by atoms with Gasteiger partial charge in [-0.05, 0) is 18.6 Å². The van der Waals surface area contributed by atoms with Crippen molar-refractivity contribution in [3.8, 4) is 0 Å². The molecule has 1 aromatic rings. The Morgan fingerprint density at radius 2 is 2.19 bits per heavy atom. The third kappa shape index (κ3) is 3.00.